The fourth-order valence-electron chi connectivity index (χ4n) is 1.83. The molecular weight excluding hydrogens is 348 g/mol. The van der Waals surface area contributed by atoms with Crippen LogP contribution >= 0.6 is 27.7 Å². The van der Waals surface area contributed by atoms with Gasteiger partial charge >= 0.3 is 0 Å². The van der Waals surface area contributed by atoms with Crippen LogP contribution in [-0.4, -0.2) is 18.8 Å². The normalized spacial score (nSPS) is 9.86. The molecule has 0 aliphatic heterocycles. The Morgan fingerprint density at radius 2 is 2.10 bits per heavy atom. The first-order chi connectivity index (χ1) is 10.2. The molecule has 0 saturated carbocycles. The Balaban J connectivity index is 2.17. The van der Waals surface area contributed by atoms with E-state index in [1.165, 1.54) is 4.90 Å². The first-order valence-corrected chi connectivity index (χ1v) is 8.16. The monoisotopic (exact) mass is 362 g/mol. The summed E-state index contributed by atoms with van der Waals surface area (Å²) in [5.41, 5.74) is 1.97. The fourth-order valence-corrected chi connectivity index (χ4v) is 3.31. The van der Waals surface area contributed by atoms with E-state index in [9.17, 15) is 0 Å². The molecular formula is C17H15BrO2S. The van der Waals surface area contributed by atoms with Crippen molar-refractivity contribution in [1.29, 1.82) is 0 Å². The Hall–Kier alpha value is -1.41. The Kier molecular flexibility index (Phi) is 6.19. The molecule has 0 atom stereocenters. The van der Waals surface area contributed by atoms with Gasteiger partial charge in [-0.2, -0.15) is 0 Å². The van der Waals surface area contributed by atoms with Crippen LogP contribution in [0.1, 0.15) is 11.1 Å². The predicted molar refractivity (Wildman–Crippen MR) is 90.7 cm³/mol. The van der Waals surface area contributed by atoms with Gasteiger partial charge in [-0.15, -0.1) is 11.8 Å². The minimum Gasteiger partial charge on any atom is -0.496 e. The molecule has 0 unspecified atom stereocenters. The van der Waals surface area contributed by atoms with Crippen molar-refractivity contribution in [2.24, 2.45) is 0 Å². The molecule has 1 N–H and O–H groups in total. The Morgan fingerprint density at radius 3 is 2.81 bits per heavy atom. The second-order valence-electron chi connectivity index (χ2n) is 4.23. The summed E-state index contributed by atoms with van der Waals surface area (Å²) in [7, 11) is 1.67. The van der Waals surface area contributed by atoms with Crippen LogP contribution in [0.25, 0.3) is 0 Å². The number of rotatable bonds is 4. The van der Waals surface area contributed by atoms with E-state index in [1.54, 1.807) is 18.9 Å². The molecule has 0 heterocycles. The molecule has 0 aliphatic rings. The minimum absolute atomic E-state index is 0.131. The molecule has 2 aromatic rings. The molecule has 0 aromatic heterocycles. The van der Waals surface area contributed by atoms with E-state index in [0.29, 0.717) is 0 Å². The molecule has 0 saturated heterocycles. The fraction of sp³-hybridized carbons (Fsp3) is 0.176. The quantitative estimate of drug-likeness (QED) is 0.655. The van der Waals surface area contributed by atoms with Gasteiger partial charge in [-0.3, -0.25) is 0 Å². The average molecular weight is 363 g/mol. The SMILES string of the molecule is COc1ccc(C#CCO)cc1CSc1cccc(Br)c1. The highest BCUT2D eigenvalue weighted by atomic mass is 79.9. The summed E-state index contributed by atoms with van der Waals surface area (Å²) in [6.07, 6.45) is 0. The molecule has 0 aliphatic carbocycles. The van der Waals surface area contributed by atoms with E-state index in [4.69, 9.17) is 9.84 Å². The maximum Gasteiger partial charge on any atom is 0.122 e. The van der Waals surface area contributed by atoms with Crippen LogP contribution in [0.5, 0.6) is 5.75 Å². The Bertz CT molecular complexity index is 674. The molecule has 2 rings (SSSR count). The Labute approximate surface area is 137 Å². The molecule has 0 bridgehead atoms. The van der Waals surface area contributed by atoms with Gasteiger partial charge in [-0.25, -0.2) is 0 Å². The van der Waals surface area contributed by atoms with Crippen molar-refractivity contribution in [3.8, 4) is 17.6 Å². The number of aliphatic hydroxyl groups excluding tert-OH is 1. The minimum atomic E-state index is -0.131. The summed E-state index contributed by atoms with van der Waals surface area (Å²) in [6.45, 7) is -0.131. The van der Waals surface area contributed by atoms with Gasteiger partial charge in [0.1, 0.15) is 12.4 Å². The summed E-state index contributed by atoms with van der Waals surface area (Å²) in [4.78, 5) is 1.19. The number of aliphatic hydroxyl groups is 1. The second kappa shape index (κ2) is 8.14. The third-order valence-electron chi connectivity index (χ3n) is 2.78. The van der Waals surface area contributed by atoms with Crippen LogP contribution in [0.15, 0.2) is 51.8 Å². The summed E-state index contributed by atoms with van der Waals surface area (Å²) < 4.78 is 6.47. The van der Waals surface area contributed by atoms with E-state index >= 15 is 0 Å². The van der Waals surface area contributed by atoms with E-state index in [1.807, 2.05) is 30.3 Å². The number of hydrogen-bond acceptors (Lipinski definition) is 3. The van der Waals surface area contributed by atoms with Crippen molar-refractivity contribution in [1.82, 2.24) is 0 Å². The van der Waals surface area contributed by atoms with E-state index < -0.39 is 0 Å². The highest BCUT2D eigenvalue weighted by Gasteiger charge is 2.05. The highest BCUT2D eigenvalue weighted by Crippen LogP contribution is 2.29. The average Bonchev–Trinajstić information content (AvgIpc) is 2.51. The van der Waals surface area contributed by atoms with Crippen LogP contribution in [0.4, 0.5) is 0 Å². The smallest absolute Gasteiger partial charge is 0.122 e. The third kappa shape index (κ3) is 4.82. The third-order valence-corrected chi connectivity index (χ3v) is 4.32. The van der Waals surface area contributed by atoms with Crippen LogP contribution in [-0.2, 0) is 5.75 Å². The largest absolute Gasteiger partial charge is 0.496 e. The Morgan fingerprint density at radius 1 is 1.24 bits per heavy atom. The van der Waals surface area contributed by atoms with Gasteiger partial charge in [0.25, 0.3) is 0 Å². The van der Waals surface area contributed by atoms with Crippen molar-refractivity contribution < 1.29 is 9.84 Å². The number of thioether (sulfide) groups is 1. The number of benzene rings is 2. The van der Waals surface area contributed by atoms with Crippen molar-refractivity contribution in [2.75, 3.05) is 13.7 Å². The zero-order chi connectivity index (χ0) is 15.1. The van der Waals surface area contributed by atoms with Gasteiger partial charge in [0.15, 0.2) is 0 Å². The van der Waals surface area contributed by atoms with Gasteiger partial charge in [-0.05, 0) is 36.4 Å². The summed E-state index contributed by atoms with van der Waals surface area (Å²) in [6, 6.07) is 14.0. The molecule has 108 valence electrons. The number of ether oxygens (including phenoxy) is 1. The standard InChI is InChI=1S/C17H15BrO2S/c1-20-17-8-7-13(4-3-9-19)10-14(17)12-21-16-6-2-5-15(18)11-16/h2,5-8,10-11,19H,9,12H2,1H3. The van der Waals surface area contributed by atoms with Crippen LogP contribution < -0.4 is 4.74 Å². The van der Waals surface area contributed by atoms with Crippen molar-refractivity contribution in [3.63, 3.8) is 0 Å². The van der Waals surface area contributed by atoms with Crippen LogP contribution in [0.3, 0.4) is 0 Å². The first kappa shape index (κ1) is 16.0. The zero-order valence-electron chi connectivity index (χ0n) is 11.6. The molecule has 2 aromatic carbocycles. The first-order valence-electron chi connectivity index (χ1n) is 6.38. The number of methoxy groups -OCH3 is 1. The van der Waals surface area contributed by atoms with E-state index in [0.717, 1.165) is 27.1 Å². The second-order valence-corrected chi connectivity index (χ2v) is 6.20. The molecule has 21 heavy (non-hydrogen) atoms. The predicted octanol–water partition coefficient (Wildman–Crippen LogP) is 4.09. The number of hydrogen-bond donors (Lipinski definition) is 1. The maximum atomic E-state index is 8.77. The van der Waals surface area contributed by atoms with Crippen LogP contribution in [0, 0.1) is 11.8 Å². The van der Waals surface area contributed by atoms with Gasteiger partial charge in [0.2, 0.25) is 0 Å². The number of halogens is 1. The van der Waals surface area contributed by atoms with E-state index in [2.05, 4.69) is 39.9 Å². The topological polar surface area (TPSA) is 29.5 Å². The summed E-state index contributed by atoms with van der Waals surface area (Å²) in [5.74, 6) is 7.24. The van der Waals surface area contributed by atoms with Crippen molar-refractivity contribution >= 4 is 27.7 Å². The van der Waals surface area contributed by atoms with E-state index in [-0.39, 0.29) is 6.61 Å². The van der Waals surface area contributed by atoms with Gasteiger partial charge in [-0.1, -0.05) is 33.8 Å². The van der Waals surface area contributed by atoms with Crippen LogP contribution in [0.2, 0.25) is 0 Å². The summed E-state index contributed by atoms with van der Waals surface area (Å²) in [5, 5.41) is 8.77. The lowest BCUT2D eigenvalue weighted by molar-refractivity contribution is 0.350. The van der Waals surface area contributed by atoms with Gasteiger partial charge < -0.3 is 9.84 Å². The van der Waals surface area contributed by atoms with Crippen molar-refractivity contribution in [2.45, 2.75) is 10.6 Å². The van der Waals surface area contributed by atoms with Crippen molar-refractivity contribution in [3.05, 3.63) is 58.1 Å². The summed E-state index contributed by atoms with van der Waals surface area (Å²) >= 11 is 5.22. The van der Waals surface area contributed by atoms with Gasteiger partial charge in [0.05, 0.1) is 7.11 Å². The molecule has 0 amide bonds. The molecule has 0 spiro atoms. The van der Waals surface area contributed by atoms with Gasteiger partial charge in [0, 0.05) is 26.2 Å². The molecule has 4 heteroatoms. The molecule has 0 radical (unpaired) electrons. The lowest BCUT2D eigenvalue weighted by Gasteiger charge is -2.09. The lowest BCUT2D eigenvalue weighted by Crippen LogP contribution is -1.92. The zero-order valence-corrected chi connectivity index (χ0v) is 14.0. The lowest BCUT2D eigenvalue weighted by atomic mass is 10.1. The molecule has 2 nitrogen and oxygen atoms in total. The highest BCUT2D eigenvalue weighted by molar-refractivity contribution is 9.10. The molecule has 0 fully saturated rings. The maximum absolute atomic E-state index is 8.77.